The van der Waals surface area contributed by atoms with Gasteiger partial charge in [-0.2, -0.15) is 0 Å². The molecule has 1 aliphatic heterocycles. The van der Waals surface area contributed by atoms with Crippen molar-refractivity contribution in [2.45, 2.75) is 45.1 Å². The highest BCUT2D eigenvalue weighted by atomic mass is 16.6. The van der Waals surface area contributed by atoms with Crippen LogP contribution in [0.25, 0.3) is 11.1 Å². The number of rotatable bonds is 12. The number of carbonyl (C=O) groups excluding carboxylic acids is 1. The van der Waals surface area contributed by atoms with Gasteiger partial charge in [-0.25, -0.2) is 4.79 Å². The van der Waals surface area contributed by atoms with Gasteiger partial charge in [0, 0.05) is 25.6 Å². The number of nitrogens with one attached hydrogen (secondary N) is 1. The van der Waals surface area contributed by atoms with Crippen molar-refractivity contribution in [2.24, 2.45) is 11.1 Å². The Balaban J connectivity index is 1.79. The van der Waals surface area contributed by atoms with Crippen LogP contribution < -0.4 is 14.8 Å². The Hall–Kier alpha value is -3.59. The topological polar surface area (TPSA) is 116 Å². The highest BCUT2D eigenvalue weighted by Crippen LogP contribution is 2.40. The van der Waals surface area contributed by atoms with Crippen LogP contribution in [0.3, 0.4) is 0 Å². The van der Waals surface area contributed by atoms with E-state index in [1.54, 1.807) is 14.2 Å². The SMILES string of the molecule is CCCc1cc(OC)c(-c2ccc(C[C@H](NC(=O)C(=NOC)C3CCOCC3)C(=O)O)cc2)c(OC)c1. The van der Waals surface area contributed by atoms with Gasteiger partial charge in [0.25, 0.3) is 5.91 Å². The maximum absolute atomic E-state index is 12.9. The largest absolute Gasteiger partial charge is 0.496 e. The molecule has 0 unspecified atom stereocenters. The standard InChI is InChI=1S/C28H36N2O7/c1-5-6-19-16-23(34-2)25(24(17-19)35-3)20-9-7-18(8-10-20)15-22(28(32)33)29-27(31)26(30-36-4)21-11-13-37-14-12-21/h7-10,16-17,21-22H,5-6,11-15H2,1-4H3,(H,29,31)(H,32,33)/t22-/m0/s1. The van der Waals surface area contributed by atoms with E-state index in [1.807, 2.05) is 36.4 Å². The molecule has 1 heterocycles. The smallest absolute Gasteiger partial charge is 0.326 e. The summed E-state index contributed by atoms with van der Waals surface area (Å²) >= 11 is 0. The fourth-order valence-corrected chi connectivity index (χ4v) is 4.53. The minimum Gasteiger partial charge on any atom is -0.496 e. The third kappa shape index (κ3) is 7.22. The first-order valence-electron chi connectivity index (χ1n) is 12.5. The third-order valence-corrected chi connectivity index (χ3v) is 6.42. The van der Waals surface area contributed by atoms with Gasteiger partial charge in [-0.05, 0) is 48.1 Å². The van der Waals surface area contributed by atoms with Crippen LogP contribution in [0.15, 0.2) is 41.6 Å². The number of carboxylic acid groups (broad SMARTS) is 1. The maximum Gasteiger partial charge on any atom is 0.326 e. The molecule has 0 radical (unpaired) electrons. The minimum atomic E-state index is -1.13. The molecule has 1 saturated heterocycles. The first-order chi connectivity index (χ1) is 17.9. The number of carbonyl (C=O) groups is 2. The second kappa shape index (κ2) is 13.6. The molecule has 200 valence electrons. The number of amides is 1. The monoisotopic (exact) mass is 512 g/mol. The van der Waals surface area contributed by atoms with Crippen molar-refractivity contribution in [2.75, 3.05) is 34.5 Å². The second-order valence-corrected chi connectivity index (χ2v) is 8.94. The van der Waals surface area contributed by atoms with E-state index in [2.05, 4.69) is 17.4 Å². The average Bonchev–Trinajstić information content (AvgIpc) is 2.91. The quantitative estimate of drug-likeness (QED) is 0.328. The zero-order valence-electron chi connectivity index (χ0n) is 21.9. The van der Waals surface area contributed by atoms with Gasteiger partial charge in [-0.1, -0.05) is 42.8 Å². The van der Waals surface area contributed by atoms with E-state index in [1.165, 1.54) is 7.11 Å². The Kier molecular flexibility index (Phi) is 10.3. The predicted molar refractivity (Wildman–Crippen MR) is 140 cm³/mol. The van der Waals surface area contributed by atoms with Crippen LogP contribution >= 0.6 is 0 Å². The summed E-state index contributed by atoms with van der Waals surface area (Å²) in [7, 11) is 4.62. The first-order valence-corrected chi connectivity index (χ1v) is 12.5. The number of hydrogen-bond donors (Lipinski definition) is 2. The fourth-order valence-electron chi connectivity index (χ4n) is 4.53. The number of carboxylic acids is 1. The fraction of sp³-hybridized carbons (Fsp3) is 0.464. The number of oxime groups is 1. The maximum atomic E-state index is 12.9. The van der Waals surface area contributed by atoms with Crippen molar-refractivity contribution in [3.63, 3.8) is 0 Å². The van der Waals surface area contributed by atoms with Gasteiger partial charge in [0.1, 0.15) is 30.4 Å². The van der Waals surface area contributed by atoms with Gasteiger partial charge in [0.2, 0.25) is 0 Å². The first kappa shape index (κ1) is 28.0. The lowest BCUT2D eigenvalue weighted by molar-refractivity contribution is -0.141. The Morgan fingerprint density at radius 3 is 2.19 bits per heavy atom. The molecule has 9 nitrogen and oxygen atoms in total. The van der Waals surface area contributed by atoms with E-state index < -0.39 is 17.9 Å². The predicted octanol–water partition coefficient (Wildman–Crippen LogP) is 3.86. The molecule has 0 bridgehead atoms. The van der Waals surface area contributed by atoms with Crippen LogP contribution in [0.5, 0.6) is 11.5 Å². The second-order valence-electron chi connectivity index (χ2n) is 8.94. The van der Waals surface area contributed by atoms with Crippen molar-refractivity contribution in [3.05, 3.63) is 47.5 Å². The van der Waals surface area contributed by atoms with Crippen LogP contribution in [0.4, 0.5) is 0 Å². The molecule has 1 amide bonds. The molecule has 9 heteroatoms. The summed E-state index contributed by atoms with van der Waals surface area (Å²) in [4.78, 5) is 29.8. The molecular formula is C28H36N2O7. The van der Waals surface area contributed by atoms with Crippen molar-refractivity contribution in [3.8, 4) is 22.6 Å². The number of hydrogen-bond acceptors (Lipinski definition) is 7. The zero-order valence-corrected chi connectivity index (χ0v) is 21.9. The molecule has 2 aromatic rings. The van der Waals surface area contributed by atoms with Gasteiger partial charge in [-0.3, -0.25) is 4.79 Å². The molecule has 2 aromatic carbocycles. The number of ether oxygens (including phenoxy) is 3. The average molecular weight is 513 g/mol. The highest BCUT2D eigenvalue weighted by Gasteiger charge is 2.29. The van der Waals surface area contributed by atoms with Gasteiger partial charge >= 0.3 is 5.97 Å². The molecule has 1 aliphatic rings. The Labute approximate surface area is 217 Å². The highest BCUT2D eigenvalue weighted by molar-refractivity contribution is 6.39. The van der Waals surface area contributed by atoms with E-state index in [4.69, 9.17) is 19.0 Å². The molecule has 3 rings (SSSR count). The lowest BCUT2D eigenvalue weighted by Gasteiger charge is -2.23. The molecule has 2 N–H and O–H groups in total. The van der Waals surface area contributed by atoms with Crippen LogP contribution in [-0.2, 0) is 32.0 Å². The van der Waals surface area contributed by atoms with Gasteiger partial charge in [-0.15, -0.1) is 0 Å². The number of aryl methyl sites for hydroxylation is 1. The lowest BCUT2D eigenvalue weighted by atomic mass is 9.93. The minimum absolute atomic E-state index is 0.110. The number of aliphatic carboxylic acids is 1. The lowest BCUT2D eigenvalue weighted by Crippen LogP contribution is -2.47. The molecule has 0 aromatic heterocycles. The Morgan fingerprint density at radius 2 is 1.68 bits per heavy atom. The summed E-state index contributed by atoms with van der Waals surface area (Å²) in [6.45, 7) is 3.16. The van der Waals surface area contributed by atoms with Gasteiger partial charge in [0.15, 0.2) is 0 Å². The van der Waals surface area contributed by atoms with Crippen molar-refractivity contribution < 1.29 is 33.7 Å². The Bertz CT molecular complexity index is 1070. The van der Waals surface area contributed by atoms with Crippen molar-refractivity contribution in [1.82, 2.24) is 5.32 Å². The summed E-state index contributed by atoms with van der Waals surface area (Å²) in [6, 6.07) is 10.4. The van der Waals surface area contributed by atoms with E-state index in [0.717, 1.165) is 35.1 Å². The van der Waals surface area contributed by atoms with Crippen LogP contribution in [0, 0.1) is 5.92 Å². The molecule has 0 aliphatic carbocycles. The summed E-state index contributed by atoms with van der Waals surface area (Å²) in [5, 5.41) is 16.3. The Morgan fingerprint density at radius 1 is 1.05 bits per heavy atom. The molecule has 0 saturated carbocycles. The summed E-state index contributed by atoms with van der Waals surface area (Å²) < 4.78 is 16.7. The number of benzene rings is 2. The van der Waals surface area contributed by atoms with Gasteiger partial charge < -0.3 is 29.5 Å². The van der Waals surface area contributed by atoms with E-state index in [0.29, 0.717) is 37.6 Å². The molecular weight excluding hydrogens is 476 g/mol. The molecule has 1 atom stereocenters. The zero-order chi connectivity index (χ0) is 26.8. The molecule has 37 heavy (non-hydrogen) atoms. The van der Waals surface area contributed by atoms with Crippen LogP contribution in [0.2, 0.25) is 0 Å². The number of methoxy groups -OCH3 is 2. The van der Waals surface area contributed by atoms with Crippen LogP contribution in [0.1, 0.15) is 37.3 Å². The normalized spacial score (nSPS) is 15.1. The van der Waals surface area contributed by atoms with Gasteiger partial charge in [0.05, 0.1) is 19.8 Å². The summed E-state index contributed by atoms with van der Waals surface area (Å²) in [5.74, 6) is -0.389. The summed E-state index contributed by atoms with van der Waals surface area (Å²) in [5.41, 5.74) is 3.79. The third-order valence-electron chi connectivity index (χ3n) is 6.42. The molecule has 0 spiro atoms. The van der Waals surface area contributed by atoms with E-state index in [-0.39, 0.29) is 18.1 Å². The van der Waals surface area contributed by atoms with Crippen molar-refractivity contribution in [1.29, 1.82) is 0 Å². The van der Waals surface area contributed by atoms with E-state index >= 15 is 0 Å². The van der Waals surface area contributed by atoms with Crippen molar-refractivity contribution >= 4 is 17.6 Å². The summed E-state index contributed by atoms with van der Waals surface area (Å²) in [6.07, 6.45) is 3.29. The van der Waals surface area contributed by atoms with E-state index in [9.17, 15) is 14.7 Å². The van der Waals surface area contributed by atoms with Crippen LogP contribution in [-0.4, -0.2) is 63.3 Å². The molecule has 1 fully saturated rings. The number of nitrogens with zero attached hydrogens (tertiary/aromatic N) is 1.